The van der Waals surface area contributed by atoms with Gasteiger partial charge in [-0.3, -0.25) is 0 Å². The predicted octanol–water partition coefficient (Wildman–Crippen LogP) is 5.30. The van der Waals surface area contributed by atoms with Crippen LogP contribution < -0.4 is 4.52 Å². The molecule has 0 amide bonds. The van der Waals surface area contributed by atoms with Crippen molar-refractivity contribution in [3.05, 3.63) is 29.3 Å². The van der Waals surface area contributed by atoms with Crippen LogP contribution in [0.5, 0.6) is 5.75 Å². The molecule has 1 rings (SSSR count). The topological polar surface area (TPSA) is 12.5 Å². The van der Waals surface area contributed by atoms with Gasteiger partial charge in [0.15, 0.2) is 0 Å². The van der Waals surface area contributed by atoms with Crippen LogP contribution in [0.25, 0.3) is 0 Å². The second-order valence-corrected chi connectivity index (χ2v) is 6.69. The summed E-state index contributed by atoms with van der Waals surface area (Å²) in [5, 5.41) is 0.591. The molecule has 17 heavy (non-hydrogen) atoms. The Morgan fingerprint density at radius 3 is 2.12 bits per heavy atom. The van der Waals surface area contributed by atoms with Crippen LogP contribution in [0.4, 0.5) is 0 Å². The van der Waals surface area contributed by atoms with Crippen molar-refractivity contribution in [3.8, 4) is 5.75 Å². The maximum Gasteiger partial charge on any atom is 0.266 e. The molecule has 0 N–H and O–H groups in total. The lowest BCUT2D eigenvalue weighted by atomic mass is 10.3. The Morgan fingerprint density at radius 2 is 1.65 bits per heavy atom. The van der Waals surface area contributed by atoms with Crippen LogP contribution in [0.1, 0.15) is 27.7 Å². The standard InChI is InChI=1S/C12H18Cl2NOP/c1-9(2)15(10(3)4)17(14)16-12-8-6-5-7-11(12)13/h5-10H,1-4H3. The Bertz CT molecular complexity index is 352. The minimum absolute atomic E-state index is 0.334. The summed E-state index contributed by atoms with van der Waals surface area (Å²) in [5.41, 5.74) is 0. The second-order valence-electron chi connectivity index (χ2n) is 4.32. The van der Waals surface area contributed by atoms with Gasteiger partial charge in [0.2, 0.25) is 0 Å². The molecule has 1 aromatic rings. The molecular weight excluding hydrogens is 276 g/mol. The van der Waals surface area contributed by atoms with Gasteiger partial charge in [0.05, 0.1) is 5.02 Å². The minimum Gasteiger partial charge on any atom is -0.443 e. The average molecular weight is 294 g/mol. The third kappa shape index (κ3) is 4.30. The van der Waals surface area contributed by atoms with Gasteiger partial charge in [-0.2, -0.15) is 0 Å². The lowest BCUT2D eigenvalue weighted by molar-refractivity contribution is 0.306. The molecule has 1 aromatic carbocycles. The smallest absolute Gasteiger partial charge is 0.266 e. The van der Waals surface area contributed by atoms with Crippen LogP contribution >= 0.6 is 30.5 Å². The van der Waals surface area contributed by atoms with E-state index in [1.54, 1.807) is 6.07 Å². The number of rotatable bonds is 5. The van der Waals surface area contributed by atoms with E-state index >= 15 is 0 Å². The first-order valence-electron chi connectivity index (χ1n) is 5.60. The summed E-state index contributed by atoms with van der Waals surface area (Å²) in [5.74, 6) is 0.640. The quantitative estimate of drug-likeness (QED) is 0.683. The van der Waals surface area contributed by atoms with Gasteiger partial charge in [0.25, 0.3) is 7.65 Å². The van der Waals surface area contributed by atoms with E-state index in [0.717, 1.165) is 0 Å². The zero-order chi connectivity index (χ0) is 13.0. The van der Waals surface area contributed by atoms with Gasteiger partial charge in [-0.15, -0.1) is 0 Å². The van der Waals surface area contributed by atoms with E-state index in [-0.39, 0.29) is 0 Å². The van der Waals surface area contributed by atoms with E-state index < -0.39 is 7.65 Å². The molecule has 5 heteroatoms. The molecule has 0 saturated heterocycles. The predicted molar refractivity (Wildman–Crippen MR) is 77.0 cm³/mol. The summed E-state index contributed by atoms with van der Waals surface area (Å²) in [6.07, 6.45) is 0. The minimum atomic E-state index is -1.19. The maximum atomic E-state index is 6.35. The SMILES string of the molecule is CC(C)N(C(C)C)P(Cl)Oc1ccccc1Cl. The number of nitrogens with zero attached hydrogens (tertiary/aromatic N) is 1. The van der Waals surface area contributed by atoms with Gasteiger partial charge in [-0.05, 0) is 51.1 Å². The first-order chi connectivity index (χ1) is 7.93. The summed E-state index contributed by atoms with van der Waals surface area (Å²) in [4.78, 5) is 0. The van der Waals surface area contributed by atoms with E-state index in [2.05, 4.69) is 32.4 Å². The van der Waals surface area contributed by atoms with Crippen molar-refractivity contribution in [1.29, 1.82) is 0 Å². The molecule has 0 saturated carbocycles. The first-order valence-corrected chi connectivity index (χ1v) is 8.09. The Balaban J connectivity index is 2.77. The molecule has 0 fully saturated rings. The highest BCUT2D eigenvalue weighted by Crippen LogP contribution is 2.50. The molecule has 0 aliphatic carbocycles. The van der Waals surface area contributed by atoms with Gasteiger partial charge >= 0.3 is 0 Å². The summed E-state index contributed by atoms with van der Waals surface area (Å²) >= 11 is 12.4. The van der Waals surface area contributed by atoms with E-state index in [9.17, 15) is 0 Å². The summed E-state index contributed by atoms with van der Waals surface area (Å²) in [6.45, 7) is 8.42. The second kappa shape index (κ2) is 6.80. The van der Waals surface area contributed by atoms with Gasteiger partial charge in [0, 0.05) is 12.1 Å². The number of hydrogen-bond acceptors (Lipinski definition) is 2. The maximum absolute atomic E-state index is 6.35. The summed E-state index contributed by atoms with van der Waals surface area (Å²) in [7, 11) is -1.19. The van der Waals surface area contributed by atoms with Gasteiger partial charge in [-0.1, -0.05) is 23.7 Å². The fraction of sp³-hybridized carbons (Fsp3) is 0.500. The molecule has 0 aliphatic rings. The zero-order valence-corrected chi connectivity index (χ0v) is 12.9. The van der Waals surface area contributed by atoms with Crippen LogP contribution in [0.3, 0.4) is 0 Å². The van der Waals surface area contributed by atoms with Gasteiger partial charge in [-0.25, -0.2) is 4.67 Å². The molecule has 0 heterocycles. The van der Waals surface area contributed by atoms with E-state index in [1.807, 2.05) is 18.2 Å². The van der Waals surface area contributed by atoms with E-state index in [0.29, 0.717) is 22.9 Å². The lowest BCUT2D eigenvalue weighted by Crippen LogP contribution is -2.32. The van der Waals surface area contributed by atoms with Crippen molar-refractivity contribution in [2.75, 3.05) is 0 Å². The molecule has 0 radical (unpaired) electrons. The molecule has 1 unspecified atom stereocenters. The third-order valence-electron chi connectivity index (χ3n) is 2.25. The molecule has 0 spiro atoms. The summed E-state index contributed by atoms with van der Waals surface area (Å²) < 4.78 is 7.89. The fourth-order valence-electron chi connectivity index (χ4n) is 1.61. The molecule has 0 bridgehead atoms. The van der Waals surface area contributed by atoms with Crippen LogP contribution in [0.15, 0.2) is 24.3 Å². The third-order valence-corrected chi connectivity index (χ3v) is 4.93. The molecule has 0 aromatic heterocycles. The fourth-order valence-corrected chi connectivity index (χ4v) is 4.25. The number of para-hydroxylation sites is 1. The highest BCUT2D eigenvalue weighted by atomic mass is 35.7. The molecule has 2 nitrogen and oxygen atoms in total. The number of benzene rings is 1. The Morgan fingerprint density at radius 1 is 1.12 bits per heavy atom. The van der Waals surface area contributed by atoms with E-state index in [4.69, 9.17) is 27.4 Å². The summed E-state index contributed by atoms with van der Waals surface area (Å²) in [6, 6.07) is 8.05. The lowest BCUT2D eigenvalue weighted by Gasteiger charge is -2.32. The monoisotopic (exact) mass is 293 g/mol. The van der Waals surface area contributed by atoms with Crippen molar-refractivity contribution in [2.45, 2.75) is 39.8 Å². The van der Waals surface area contributed by atoms with Crippen molar-refractivity contribution >= 4 is 30.5 Å². The Hall–Kier alpha value is -0.0100. The van der Waals surface area contributed by atoms with Crippen molar-refractivity contribution < 1.29 is 4.52 Å². The van der Waals surface area contributed by atoms with E-state index in [1.165, 1.54) is 0 Å². The van der Waals surface area contributed by atoms with Crippen molar-refractivity contribution in [2.24, 2.45) is 0 Å². The van der Waals surface area contributed by atoms with Crippen LogP contribution in [-0.4, -0.2) is 16.8 Å². The van der Waals surface area contributed by atoms with Crippen LogP contribution in [-0.2, 0) is 0 Å². The van der Waals surface area contributed by atoms with Crippen LogP contribution in [0, 0.1) is 0 Å². The Labute approximate surface area is 115 Å². The number of halogens is 2. The number of hydrogen-bond donors (Lipinski definition) is 0. The normalized spacial score (nSPS) is 13.5. The first kappa shape index (κ1) is 15.0. The molecule has 0 aliphatic heterocycles. The Kier molecular flexibility index (Phi) is 6.02. The average Bonchev–Trinajstić information content (AvgIpc) is 2.20. The molecular formula is C12H18Cl2NOP. The van der Waals surface area contributed by atoms with Crippen molar-refractivity contribution in [1.82, 2.24) is 4.67 Å². The molecule has 1 atom stereocenters. The molecule has 96 valence electrons. The largest absolute Gasteiger partial charge is 0.443 e. The highest BCUT2D eigenvalue weighted by Gasteiger charge is 2.25. The van der Waals surface area contributed by atoms with Crippen molar-refractivity contribution in [3.63, 3.8) is 0 Å². The van der Waals surface area contributed by atoms with Gasteiger partial charge in [0.1, 0.15) is 5.75 Å². The van der Waals surface area contributed by atoms with Gasteiger partial charge < -0.3 is 4.52 Å². The zero-order valence-electron chi connectivity index (χ0n) is 10.5. The highest BCUT2D eigenvalue weighted by molar-refractivity contribution is 7.78. The van der Waals surface area contributed by atoms with Crippen LogP contribution in [0.2, 0.25) is 5.02 Å².